The number of anilines is 9. The SMILES string of the molecule is Cc1cc2c(cc1N1c3cc4c(cc3B3c5cc6c(cc5N(c5ccc(C(C)(C)C)cc5-c5ccccc5)c5cc(N(c7ccc(C(C)(C)C)cc7)c7ccc(C(C)(C)C)cc7)cc1c53)C(C)(C)CC6(C)C)C(C)(C)c1ccccc1C4(C)C)C(C)(C)CCC2(C)C. The number of nitrogens with zero attached hydrogens (tertiary/aromatic N) is 3. The highest BCUT2D eigenvalue weighted by molar-refractivity contribution is 7.00. The van der Waals surface area contributed by atoms with Crippen LogP contribution in [0.3, 0.4) is 0 Å². The molecule has 0 N–H and O–H groups in total. The molecule has 9 aromatic rings. The number of benzene rings is 9. The summed E-state index contributed by atoms with van der Waals surface area (Å²) in [5, 5.41) is 0. The van der Waals surface area contributed by atoms with E-state index < -0.39 is 0 Å². The van der Waals surface area contributed by atoms with Gasteiger partial charge in [-0.25, -0.2) is 0 Å². The number of hydrogen-bond acceptors (Lipinski definition) is 3. The normalized spacial score (nSPS) is 18.2. The first kappa shape index (κ1) is 61.9. The summed E-state index contributed by atoms with van der Waals surface area (Å²) in [6, 6.07) is 68.3. The zero-order valence-electron chi connectivity index (χ0n) is 59.7. The zero-order valence-corrected chi connectivity index (χ0v) is 59.7. The van der Waals surface area contributed by atoms with E-state index in [1.165, 1.54) is 128 Å². The predicted molar refractivity (Wildman–Crippen MR) is 398 cm³/mol. The van der Waals surface area contributed by atoms with Crippen molar-refractivity contribution in [1.29, 1.82) is 0 Å². The fourth-order valence-corrected chi connectivity index (χ4v) is 17.7. The number of hydrogen-bond donors (Lipinski definition) is 0. The molecule has 0 aromatic heterocycles. The molecule has 0 spiro atoms. The minimum absolute atomic E-state index is 0.0188. The van der Waals surface area contributed by atoms with E-state index in [1.807, 2.05) is 0 Å². The molecule has 0 radical (unpaired) electrons. The van der Waals surface area contributed by atoms with Gasteiger partial charge in [-0.3, -0.25) is 0 Å². The molecular weight excluding hydrogens is 1110 g/mol. The van der Waals surface area contributed by atoms with Crippen LogP contribution in [0.2, 0.25) is 0 Å². The van der Waals surface area contributed by atoms with Gasteiger partial charge in [0, 0.05) is 56.2 Å². The van der Waals surface area contributed by atoms with E-state index in [1.54, 1.807) is 0 Å². The summed E-state index contributed by atoms with van der Waals surface area (Å²) in [5.74, 6) is 0. The van der Waals surface area contributed by atoms with Gasteiger partial charge in [-0.2, -0.15) is 0 Å². The van der Waals surface area contributed by atoms with Gasteiger partial charge < -0.3 is 14.7 Å². The second-order valence-electron chi connectivity index (χ2n) is 35.4. The highest BCUT2D eigenvalue weighted by Crippen LogP contribution is 2.58. The van der Waals surface area contributed by atoms with Crippen molar-refractivity contribution in [3.63, 3.8) is 0 Å². The largest absolute Gasteiger partial charge is 0.311 e. The zero-order chi connectivity index (χ0) is 65.7. The molecular formula is C88H100BN3. The molecule has 0 bridgehead atoms. The number of fused-ring (bicyclic) bond motifs is 8. The van der Waals surface area contributed by atoms with Crippen LogP contribution < -0.4 is 31.1 Å². The van der Waals surface area contributed by atoms with E-state index in [0.29, 0.717) is 0 Å². The summed E-state index contributed by atoms with van der Waals surface area (Å²) in [5.41, 5.74) is 33.3. The van der Waals surface area contributed by atoms with Crippen molar-refractivity contribution in [1.82, 2.24) is 0 Å². The Morgan fingerprint density at radius 2 is 0.750 bits per heavy atom. The first-order valence-electron chi connectivity index (χ1n) is 34.5. The molecule has 3 aliphatic carbocycles. The summed E-state index contributed by atoms with van der Waals surface area (Å²) in [6.45, 7) is 53.3. The molecule has 2 heterocycles. The van der Waals surface area contributed by atoms with Gasteiger partial charge in [-0.1, -0.05) is 249 Å². The fourth-order valence-electron chi connectivity index (χ4n) is 17.7. The lowest BCUT2D eigenvalue weighted by molar-refractivity contribution is 0.332. The Balaban J connectivity index is 1.19. The third-order valence-electron chi connectivity index (χ3n) is 23.1. The molecule has 0 saturated heterocycles. The van der Waals surface area contributed by atoms with E-state index in [9.17, 15) is 0 Å². The van der Waals surface area contributed by atoms with Crippen LogP contribution in [0.15, 0.2) is 170 Å². The van der Waals surface area contributed by atoms with Crippen LogP contribution in [0.1, 0.15) is 231 Å². The fraction of sp³-hybridized carbons (Fsp3) is 0.386. The third-order valence-corrected chi connectivity index (χ3v) is 23.1. The maximum absolute atomic E-state index is 2.79. The summed E-state index contributed by atoms with van der Waals surface area (Å²) < 4.78 is 0. The van der Waals surface area contributed by atoms with Crippen molar-refractivity contribution < 1.29 is 0 Å². The minimum Gasteiger partial charge on any atom is -0.311 e. The van der Waals surface area contributed by atoms with Crippen LogP contribution in [0.25, 0.3) is 11.1 Å². The molecule has 0 amide bonds. The van der Waals surface area contributed by atoms with Gasteiger partial charge in [-0.15, -0.1) is 0 Å². The van der Waals surface area contributed by atoms with E-state index in [0.717, 1.165) is 36.3 Å². The quantitative estimate of drug-likeness (QED) is 0.154. The van der Waals surface area contributed by atoms with Gasteiger partial charge in [0.15, 0.2) is 0 Å². The van der Waals surface area contributed by atoms with Crippen molar-refractivity contribution in [2.24, 2.45) is 0 Å². The summed E-state index contributed by atoms with van der Waals surface area (Å²) in [7, 11) is 0. The van der Waals surface area contributed by atoms with Crippen LogP contribution in [-0.4, -0.2) is 6.71 Å². The van der Waals surface area contributed by atoms with Gasteiger partial charge >= 0.3 is 0 Å². The van der Waals surface area contributed by atoms with Gasteiger partial charge in [0.25, 0.3) is 6.71 Å². The molecule has 4 heteroatoms. The molecule has 0 atom stereocenters. The smallest absolute Gasteiger partial charge is 0.252 e. The first-order chi connectivity index (χ1) is 42.9. The van der Waals surface area contributed by atoms with Crippen LogP contribution in [-0.2, 0) is 48.7 Å². The van der Waals surface area contributed by atoms with Crippen LogP contribution in [0.5, 0.6) is 0 Å². The molecule has 14 rings (SSSR count). The monoisotopic (exact) mass is 1210 g/mol. The summed E-state index contributed by atoms with van der Waals surface area (Å²) >= 11 is 0. The van der Waals surface area contributed by atoms with Crippen LogP contribution in [0, 0.1) is 6.92 Å². The lowest BCUT2D eigenvalue weighted by Crippen LogP contribution is -2.62. The Labute approximate surface area is 553 Å². The second kappa shape index (κ2) is 20.2. The highest BCUT2D eigenvalue weighted by atomic mass is 15.2. The topological polar surface area (TPSA) is 9.72 Å². The summed E-state index contributed by atoms with van der Waals surface area (Å²) in [6.07, 6.45) is 3.36. The Bertz CT molecular complexity index is 4430. The molecule has 2 aliphatic heterocycles. The Kier molecular flexibility index (Phi) is 13.6. The first-order valence-corrected chi connectivity index (χ1v) is 34.5. The van der Waals surface area contributed by atoms with E-state index in [4.69, 9.17) is 0 Å². The average molecular weight is 1210 g/mol. The van der Waals surface area contributed by atoms with Crippen LogP contribution >= 0.6 is 0 Å². The molecule has 5 aliphatic rings. The molecule has 9 aromatic carbocycles. The maximum atomic E-state index is 2.79. The van der Waals surface area contributed by atoms with Crippen molar-refractivity contribution in [3.05, 3.63) is 237 Å². The maximum Gasteiger partial charge on any atom is 0.252 e. The lowest BCUT2D eigenvalue weighted by Gasteiger charge is -2.49. The lowest BCUT2D eigenvalue weighted by atomic mass is 9.32. The van der Waals surface area contributed by atoms with Crippen LogP contribution in [0.4, 0.5) is 51.2 Å². The highest BCUT2D eigenvalue weighted by Gasteiger charge is 2.52. The van der Waals surface area contributed by atoms with E-state index in [-0.39, 0.29) is 55.4 Å². The van der Waals surface area contributed by atoms with E-state index >= 15 is 0 Å². The molecule has 3 nitrogen and oxygen atoms in total. The second-order valence-corrected chi connectivity index (χ2v) is 35.4. The van der Waals surface area contributed by atoms with Crippen molar-refractivity contribution >= 4 is 74.3 Å². The molecule has 470 valence electrons. The Morgan fingerprint density at radius 3 is 1.25 bits per heavy atom. The number of aryl methyl sites for hydroxylation is 1. The van der Waals surface area contributed by atoms with Gasteiger partial charge in [0.05, 0.1) is 11.4 Å². The van der Waals surface area contributed by atoms with Crippen molar-refractivity contribution in [2.45, 2.75) is 220 Å². The molecule has 0 saturated carbocycles. The van der Waals surface area contributed by atoms with E-state index in [2.05, 4.69) is 337 Å². The van der Waals surface area contributed by atoms with Gasteiger partial charge in [-0.05, 0) is 220 Å². The standard InChI is InChI=1S/C88H100BN3/c1-54-44-65-67(84(13,14)43-42-83(65,11)12)50-74(54)92-76-52-70-69(87(19,20)63-30-26-27-31-64(63)88(70,21)22)49-72(76)89-71-48-66-68(86(17,18)53-85(66,15)16)51-75(71)91(73-41-36-58(82(8,9)10)45-62(73)55-28-24-23-25-29-55)77-46-61(47-78(92)79(77)89)90(59-37-32-56(33-38-59)80(2,3)4)60-39-34-57(35-40-60)81(5,6)7/h23-41,44-52H,42-43,53H2,1-22H3. The van der Waals surface area contributed by atoms with Gasteiger partial charge in [0.1, 0.15) is 0 Å². The predicted octanol–water partition coefficient (Wildman–Crippen LogP) is 22.4. The molecule has 0 fully saturated rings. The molecule has 92 heavy (non-hydrogen) atoms. The molecule has 0 unspecified atom stereocenters. The minimum atomic E-state index is -0.285. The average Bonchev–Trinajstić information content (AvgIpc) is 0.851. The Morgan fingerprint density at radius 1 is 0.348 bits per heavy atom. The van der Waals surface area contributed by atoms with Crippen molar-refractivity contribution in [2.75, 3.05) is 14.7 Å². The Hall–Kier alpha value is -7.56. The van der Waals surface area contributed by atoms with Crippen molar-refractivity contribution in [3.8, 4) is 11.1 Å². The van der Waals surface area contributed by atoms with Gasteiger partial charge in [0.2, 0.25) is 0 Å². The summed E-state index contributed by atoms with van der Waals surface area (Å²) in [4.78, 5) is 8.12. The number of rotatable bonds is 6. The third kappa shape index (κ3) is 9.54.